The van der Waals surface area contributed by atoms with Gasteiger partial charge in [0.2, 0.25) is 5.88 Å². The fourth-order valence-electron chi connectivity index (χ4n) is 2.33. The summed E-state index contributed by atoms with van der Waals surface area (Å²) in [6.07, 6.45) is 0.0340. The summed E-state index contributed by atoms with van der Waals surface area (Å²) in [6, 6.07) is 6.56. The molecule has 1 atom stereocenters. The number of hydrogen-bond donors (Lipinski definition) is 3. The van der Waals surface area contributed by atoms with Crippen LogP contribution in [-0.4, -0.2) is 28.0 Å². The molecule has 0 saturated heterocycles. The predicted molar refractivity (Wildman–Crippen MR) is 101 cm³/mol. The molecular weight excluding hydrogens is 427 g/mol. The van der Waals surface area contributed by atoms with Crippen LogP contribution >= 0.6 is 11.8 Å². The number of nitrogens with zero attached hydrogens (tertiary/aromatic N) is 1. The molecule has 11 heteroatoms. The molecule has 2 rings (SSSR count). The molecule has 0 radical (unpaired) electrons. The molecule has 3 N–H and O–H groups in total. The van der Waals surface area contributed by atoms with Gasteiger partial charge in [-0.2, -0.15) is 13.2 Å². The number of aromatic nitrogens is 1. The normalized spacial score (nSPS) is 12.0. The van der Waals surface area contributed by atoms with Crippen LogP contribution in [0.15, 0.2) is 36.4 Å². The Morgan fingerprint density at radius 2 is 2.03 bits per heavy atom. The van der Waals surface area contributed by atoms with Crippen molar-refractivity contribution in [2.45, 2.75) is 25.2 Å². The third-order valence-corrected chi connectivity index (χ3v) is 3.76. The molecular formula is C19H15ClF3N3O4. The summed E-state index contributed by atoms with van der Waals surface area (Å²) in [4.78, 5) is 28.7. The Balaban J connectivity index is 2.24. The molecule has 0 aliphatic heterocycles. The van der Waals surface area contributed by atoms with Gasteiger partial charge >= 0.3 is 12.1 Å². The maximum Gasteiger partial charge on any atom is 0.433 e. The predicted octanol–water partition coefficient (Wildman–Crippen LogP) is 3.34. The van der Waals surface area contributed by atoms with Gasteiger partial charge in [-0.25, -0.2) is 9.82 Å². The molecule has 0 aliphatic rings. The number of terminal acetylenes is 1. The lowest BCUT2D eigenvalue weighted by Gasteiger charge is -2.13. The van der Waals surface area contributed by atoms with E-state index in [1.54, 1.807) is 0 Å². The highest BCUT2D eigenvalue weighted by atomic mass is 35.5. The Kier molecular flexibility index (Phi) is 7.63. The summed E-state index contributed by atoms with van der Waals surface area (Å²) < 4.78 is 44.6. The Hall–Kier alpha value is -3.29. The van der Waals surface area contributed by atoms with Gasteiger partial charge in [0, 0.05) is 18.2 Å². The first kappa shape index (κ1) is 23.0. The summed E-state index contributed by atoms with van der Waals surface area (Å²) in [5.41, 5.74) is -0.920. The van der Waals surface area contributed by atoms with Gasteiger partial charge in [0.1, 0.15) is 17.5 Å². The molecule has 1 aromatic carbocycles. The van der Waals surface area contributed by atoms with E-state index in [0.717, 1.165) is 6.07 Å². The zero-order chi connectivity index (χ0) is 22.3. The number of hydrogen-bond acceptors (Lipinski definition) is 5. The van der Waals surface area contributed by atoms with Crippen molar-refractivity contribution >= 4 is 23.7 Å². The second kappa shape index (κ2) is 9.96. The van der Waals surface area contributed by atoms with E-state index in [1.807, 2.05) is 0 Å². The van der Waals surface area contributed by atoms with Crippen LogP contribution in [-0.2, 0) is 17.5 Å². The number of nitrogens with one attached hydrogen (secondary N) is 2. The minimum Gasteiger partial charge on any atom is -0.481 e. The molecule has 0 bridgehead atoms. The van der Waals surface area contributed by atoms with Gasteiger partial charge in [-0.15, -0.1) is 6.42 Å². The number of ether oxygens (including phenoxy) is 1. The van der Waals surface area contributed by atoms with E-state index in [1.165, 1.54) is 30.3 Å². The Bertz CT molecular complexity index is 976. The molecule has 158 valence electrons. The monoisotopic (exact) mass is 441 g/mol. The highest BCUT2D eigenvalue weighted by molar-refractivity contribution is 6.13. The first-order chi connectivity index (χ1) is 14.1. The maximum absolute atomic E-state index is 13.1. The average molecular weight is 442 g/mol. The third-order valence-electron chi connectivity index (χ3n) is 3.63. The topological polar surface area (TPSA) is 101 Å². The molecule has 0 unspecified atom stereocenters. The van der Waals surface area contributed by atoms with E-state index in [-0.39, 0.29) is 29.3 Å². The number of carbonyl (C=O) groups excluding carboxylic acids is 1. The fourth-order valence-corrected chi connectivity index (χ4v) is 2.48. The van der Waals surface area contributed by atoms with Crippen molar-refractivity contribution in [2.75, 3.05) is 0 Å². The number of pyridine rings is 1. The van der Waals surface area contributed by atoms with Crippen LogP contribution in [0.4, 0.5) is 13.2 Å². The van der Waals surface area contributed by atoms with Crippen molar-refractivity contribution in [3.8, 4) is 24.0 Å². The van der Waals surface area contributed by atoms with Gasteiger partial charge in [0.05, 0.1) is 6.42 Å². The van der Waals surface area contributed by atoms with Gasteiger partial charge < -0.3 is 15.2 Å². The third kappa shape index (κ3) is 6.65. The SMILES string of the molecule is C#C[C@@H](CC(=O)O)NC(=O)c1cccc(Oc2cc(CNCl)cc(C(F)(F)F)n2)c1. The lowest BCUT2D eigenvalue weighted by Crippen LogP contribution is -2.35. The van der Waals surface area contributed by atoms with Crippen molar-refractivity contribution in [2.24, 2.45) is 0 Å². The van der Waals surface area contributed by atoms with Crippen molar-refractivity contribution in [1.29, 1.82) is 0 Å². The van der Waals surface area contributed by atoms with Gasteiger partial charge in [0.25, 0.3) is 5.91 Å². The molecule has 1 heterocycles. The van der Waals surface area contributed by atoms with E-state index in [4.69, 9.17) is 28.0 Å². The smallest absolute Gasteiger partial charge is 0.433 e. The minimum absolute atomic E-state index is 0.0368. The molecule has 30 heavy (non-hydrogen) atoms. The molecule has 1 aromatic heterocycles. The second-order valence-electron chi connectivity index (χ2n) is 5.93. The van der Waals surface area contributed by atoms with Crippen molar-refractivity contribution in [3.63, 3.8) is 0 Å². The maximum atomic E-state index is 13.1. The highest BCUT2D eigenvalue weighted by Gasteiger charge is 2.33. The van der Waals surface area contributed by atoms with Crippen LogP contribution in [0.3, 0.4) is 0 Å². The summed E-state index contributed by atoms with van der Waals surface area (Å²) in [5.74, 6) is -0.0231. The first-order valence-electron chi connectivity index (χ1n) is 8.30. The summed E-state index contributed by atoms with van der Waals surface area (Å²) in [7, 11) is 0. The molecule has 0 spiro atoms. The van der Waals surface area contributed by atoms with E-state index in [2.05, 4.69) is 21.1 Å². The van der Waals surface area contributed by atoms with Gasteiger partial charge in [-0.05, 0) is 41.6 Å². The lowest BCUT2D eigenvalue weighted by atomic mass is 10.1. The molecule has 0 saturated carbocycles. The number of carbonyl (C=O) groups is 2. The van der Waals surface area contributed by atoms with E-state index in [9.17, 15) is 22.8 Å². The number of carboxylic acids is 1. The summed E-state index contributed by atoms with van der Waals surface area (Å²) in [6.45, 7) is -0.0665. The second-order valence-corrected chi connectivity index (χ2v) is 6.19. The molecule has 2 aromatic rings. The van der Waals surface area contributed by atoms with Crippen LogP contribution in [0, 0.1) is 12.3 Å². The van der Waals surface area contributed by atoms with Crippen LogP contribution in [0.5, 0.6) is 11.6 Å². The van der Waals surface area contributed by atoms with E-state index in [0.29, 0.717) is 0 Å². The fraction of sp³-hybridized carbons (Fsp3) is 0.211. The quantitative estimate of drug-likeness (QED) is 0.429. The van der Waals surface area contributed by atoms with Crippen LogP contribution in [0.1, 0.15) is 28.0 Å². The van der Waals surface area contributed by atoms with Gasteiger partial charge in [-0.3, -0.25) is 9.59 Å². The van der Waals surface area contributed by atoms with Crippen LogP contribution < -0.4 is 14.9 Å². The minimum atomic E-state index is -4.70. The molecule has 1 amide bonds. The van der Waals surface area contributed by atoms with Crippen molar-refractivity contribution < 1.29 is 32.6 Å². The molecule has 7 nitrogen and oxygen atoms in total. The number of alkyl halides is 3. The zero-order valence-electron chi connectivity index (χ0n) is 15.2. The highest BCUT2D eigenvalue weighted by Crippen LogP contribution is 2.31. The number of benzene rings is 1. The first-order valence-corrected chi connectivity index (χ1v) is 8.68. The number of rotatable bonds is 8. The number of amides is 1. The van der Waals surface area contributed by atoms with Crippen molar-refractivity contribution in [1.82, 2.24) is 15.1 Å². The Labute approximate surface area is 174 Å². The molecule has 0 aliphatic carbocycles. The van der Waals surface area contributed by atoms with Crippen LogP contribution in [0.2, 0.25) is 0 Å². The van der Waals surface area contributed by atoms with Gasteiger partial charge in [0.15, 0.2) is 0 Å². The largest absolute Gasteiger partial charge is 0.481 e. The standard InChI is InChI=1S/C19H15ClF3N3O4/c1-2-13(9-17(27)28)25-18(29)12-4-3-5-14(8-12)30-16-7-11(10-24-20)6-15(26-16)19(21,22)23/h1,3-8,13,24H,9-10H2,(H,25,29)(H,27,28)/t13-/m0/s1. The lowest BCUT2D eigenvalue weighted by molar-refractivity contribution is -0.141. The summed E-state index contributed by atoms with van der Waals surface area (Å²) >= 11 is 5.37. The number of halogens is 4. The van der Waals surface area contributed by atoms with Gasteiger partial charge in [-0.1, -0.05) is 12.0 Å². The number of carboxylic acid groups (broad SMARTS) is 1. The van der Waals surface area contributed by atoms with Crippen molar-refractivity contribution in [3.05, 3.63) is 53.2 Å². The summed E-state index contributed by atoms with van der Waals surface area (Å²) in [5, 5.41) is 11.1. The average Bonchev–Trinajstić information content (AvgIpc) is 2.66. The Morgan fingerprint density at radius 1 is 1.30 bits per heavy atom. The van der Waals surface area contributed by atoms with E-state index >= 15 is 0 Å². The Morgan fingerprint density at radius 3 is 2.63 bits per heavy atom. The number of aliphatic carboxylic acids is 1. The van der Waals surface area contributed by atoms with E-state index < -0.39 is 36.2 Å². The zero-order valence-corrected chi connectivity index (χ0v) is 15.9. The molecule has 0 fully saturated rings. The van der Waals surface area contributed by atoms with Crippen LogP contribution in [0.25, 0.3) is 0 Å².